The van der Waals surface area contributed by atoms with Gasteiger partial charge in [0.25, 0.3) is 5.91 Å². The number of nitrogens with zero attached hydrogens (tertiary/aromatic N) is 5. The monoisotopic (exact) mass is 309 g/mol. The smallest absolute Gasteiger partial charge is 0.267 e. The van der Waals surface area contributed by atoms with Crippen LogP contribution in [0.15, 0.2) is 12.4 Å². The third-order valence-electron chi connectivity index (χ3n) is 3.12. The van der Waals surface area contributed by atoms with Gasteiger partial charge in [-0.25, -0.2) is 15.0 Å². The Kier molecular flexibility index (Phi) is 4.19. The lowest BCUT2D eigenvalue weighted by Crippen LogP contribution is -2.17. The van der Waals surface area contributed by atoms with Crippen molar-refractivity contribution in [2.24, 2.45) is 11.5 Å². The van der Waals surface area contributed by atoms with E-state index >= 15 is 0 Å². The molecule has 21 heavy (non-hydrogen) atoms. The molecule has 1 fully saturated rings. The van der Waals surface area contributed by atoms with E-state index < -0.39 is 5.91 Å². The van der Waals surface area contributed by atoms with Gasteiger partial charge in [0.15, 0.2) is 17.5 Å². The highest BCUT2D eigenvalue weighted by Crippen LogP contribution is 2.38. The first kappa shape index (κ1) is 15.3. The molecule has 2 heterocycles. The zero-order chi connectivity index (χ0) is 14.3. The molecule has 0 saturated heterocycles. The van der Waals surface area contributed by atoms with Gasteiger partial charge in [-0.3, -0.25) is 4.79 Å². The number of nitrogens with two attached hydrogens (primary N) is 2. The molecule has 0 bridgehead atoms. The molecule has 1 atom stereocenters. The van der Waals surface area contributed by atoms with Crippen LogP contribution in [0.25, 0.3) is 5.82 Å². The summed E-state index contributed by atoms with van der Waals surface area (Å²) in [5.41, 5.74) is 11.3. The van der Waals surface area contributed by atoms with Crippen molar-refractivity contribution >= 4 is 18.3 Å². The topological polar surface area (TPSA) is 126 Å². The Morgan fingerprint density at radius 1 is 1.43 bits per heavy atom. The van der Waals surface area contributed by atoms with Gasteiger partial charge in [0.1, 0.15) is 12.0 Å². The Hall–Kier alpha value is -2.06. The molecule has 2 aromatic heterocycles. The maximum atomic E-state index is 11.2. The van der Waals surface area contributed by atoms with Gasteiger partial charge in [-0.1, -0.05) is 0 Å². The summed E-state index contributed by atoms with van der Waals surface area (Å²) in [6.45, 7) is 1.83. The van der Waals surface area contributed by atoms with E-state index in [1.54, 1.807) is 4.68 Å². The number of amides is 1. The van der Waals surface area contributed by atoms with Gasteiger partial charge in [-0.15, -0.1) is 17.5 Å². The number of hydrogen-bond acceptors (Lipinski definition) is 6. The van der Waals surface area contributed by atoms with E-state index in [1.165, 1.54) is 12.4 Å². The largest absolute Gasteiger partial charge is 0.364 e. The summed E-state index contributed by atoms with van der Waals surface area (Å²) in [4.78, 5) is 23.6. The normalized spacial score (nSPS) is 15.3. The summed E-state index contributed by atoms with van der Waals surface area (Å²) < 4.78 is 1.56. The minimum absolute atomic E-state index is 0. The van der Waals surface area contributed by atoms with Crippen LogP contribution in [0.1, 0.15) is 53.9 Å². The fraction of sp³-hybridized carbons (Fsp3) is 0.417. The highest BCUT2D eigenvalue weighted by atomic mass is 35.5. The van der Waals surface area contributed by atoms with Crippen molar-refractivity contribution in [2.45, 2.75) is 31.7 Å². The summed E-state index contributed by atoms with van der Waals surface area (Å²) in [5, 5.41) is 4.45. The summed E-state index contributed by atoms with van der Waals surface area (Å²) in [6.07, 6.45) is 3.47. The van der Waals surface area contributed by atoms with E-state index in [0.717, 1.165) is 18.7 Å². The molecule has 2 aromatic rings. The average molecular weight is 310 g/mol. The van der Waals surface area contributed by atoms with Crippen LogP contribution >= 0.6 is 12.4 Å². The fourth-order valence-corrected chi connectivity index (χ4v) is 1.92. The Morgan fingerprint density at radius 3 is 2.71 bits per heavy atom. The van der Waals surface area contributed by atoms with Gasteiger partial charge in [0.05, 0.1) is 6.04 Å². The molecule has 0 aromatic carbocycles. The van der Waals surface area contributed by atoms with Gasteiger partial charge in [0, 0.05) is 12.0 Å². The van der Waals surface area contributed by atoms with Crippen molar-refractivity contribution in [3.05, 3.63) is 29.7 Å². The van der Waals surface area contributed by atoms with Crippen molar-refractivity contribution < 1.29 is 4.79 Å². The van der Waals surface area contributed by atoms with Crippen LogP contribution in [0.3, 0.4) is 0 Å². The van der Waals surface area contributed by atoms with Crippen molar-refractivity contribution in [2.75, 3.05) is 0 Å². The molecule has 1 aliphatic carbocycles. The van der Waals surface area contributed by atoms with Crippen LogP contribution in [-0.4, -0.2) is 30.6 Å². The van der Waals surface area contributed by atoms with Gasteiger partial charge >= 0.3 is 0 Å². The number of halogens is 1. The molecule has 3 rings (SSSR count). The number of carbonyl (C=O) groups is 1. The summed E-state index contributed by atoms with van der Waals surface area (Å²) >= 11 is 0. The third-order valence-corrected chi connectivity index (χ3v) is 3.12. The van der Waals surface area contributed by atoms with Crippen LogP contribution in [0.2, 0.25) is 0 Å². The zero-order valence-corrected chi connectivity index (χ0v) is 12.2. The van der Waals surface area contributed by atoms with Crippen LogP contribution in [-0.2, 0) is 0 Å². The number of primary amides is 1. The number of rotatable bonds is 4. The molecular formula is C12H16ClN7O. The summed E-state index contributed by atoms with van der Waals surface area (Å²) in [7, 11) is 0. The van der Waals surface area contributed by atoms with Crippen molar-refractivity contribution in [3.8, 4) is 5.82 Å². The number of aromatic nitrogens is 5. The Bertz CT molecular complexity index is 665. The molecule has 0 radical (unpaired) electrons. The zero-order valence-electron chi connectivity index (χ0n) is 11.4. The van der Waals surface area contributed by atoms with E-state index in [-0.39, 0.29) is 24.1 Å². The molecule has 112 valence electrons. The third kappa shape index (κ3) is 3.01. The van der Waals surface area contributed by atoms with Crippen molar-refractivity contribution in [1.82, 2.24) is 24.7 Å². The van der Waals surface area contributed by atoms with Gasteiger partial charge in [-0.05, 0) is 19.8 Å². The van der Waals surface area contributed by atoms with Crippen LogP contribution < -0.4 is 11.5 Å². The second kappa shape index (κ2) is 5.74. The standard InChI is InChI=1S/C12H15N7O.ClH/c1-6(13)12-17-11(7-2-3-7)18-19(12)9-4-8(10(14)20)15-5-16-9;/h4-7H,2-3,13H2,1H3,(H2,14,20);1H. The SMILES string of the molecule is CC(N)c1nc(C2CC2)nn1-c1cc(C(N)=O)ncn1.Cl. The molecule has 1 saturated carbocycles. The summed E-state index contributed by atoms with van der Waals surface area (Å²) in [6, 6.07) is 1.20. The first-order chi connectivity index (χ1) is 9.56. The van der Waals surface area contributed by atoms with E-state index in [1.807, 2.05) is 6.92 Å². The molecule has 8 nitrogen and oxygen atoms in total. The minimum Gasteiger partial charge on any atom is -0.364 e. The molecule has 4 N–H and O–H groups in total. The lowest BCUT2D eigenvalue weighted by molar-refractivity contribution is 0.0995. The average Bonchev–Trinajstić information content (AvgIpc) is 3.17. The molecule has 0 spiro atoms. The molecular weight excluding hydrogens is 294 g/mol. The lowest BCUT2D eigenvalue weighted by Gasteiger charge is -2.07. The Labute approximate surface area is 127 Å². The first-order valence-corrected chi connectivity index (χ1v) is 6.41. The quantitative estimate of drug-likeness (QED) is 0.845. The molecule has 1 aliphatic rings. The second-order valence-electron chi connectivity index (χ2n) is 4.93. The van der Waals surface area contributed by atoms with Crippen LogP contribution in [0.4, 0.5) is 0 Å². The second-order valence-corrected chi connectivity index (χ2v) is 4.93. The number of carbonyl (C=O) groups excluding carboxylic acids is 1. The first-order valence-electron chi connectivity index (χ1n) is 6.41. The maximum absolute atomic E-state index is 11.2. The molecule has 9 heteroatoms. The van der Waals surface area contributed by atoms with Gasteiger partial charge < -0.3 is 11.5 Å². The van der Waals surface area contributed by atoms with E-state index in [2.05, 4.69) is 20.1 Å². The Morgan fingerprint density at radius 2 is 2.14 bits per heavy atom. The fourth-order valence-electron chi connectivity index (χ4n) is 1.92. The van der Waals surface area contributed by atoms with Gasteiger partial charge in [0.2, 0.25) is 0 Å². The predicted octanol–water partition coefficient (Wildman–Crippen LogP) is 0.475. The van der Waals surface area contributed by atoms with Gasteiger partial charge in [-0.2, -0.15) is 4.68 Å². The molecule has 1 amide bonds. The number of hydrogen-bond donors (Lipinski definition) is 2. The minimum atomic E-state index is -0.612. The maximum Gasteiger partial charge on any atom is 0.267 e. The summed E-state index contributed by atoms with van der Waals surface area (Å²) in [5.74, 6) is 1.63. The molecule has 1 unspecified atom stereocenters. The Balaban J connectivity index is 0.00000161. The van der Waals surface area contributed by atoms with E-state index in [9.17, 15) is 4.79 Å². The van der Waals surface area contributed by atoms with Crippen LogP contribution in [0, 0.1) is 0 Å². The highest BCUT2D eigenvalue weighted by molar-refractivity contribution is 5.90. The van der Waals surface area contributed by atoms with Crippen LogP contribution in [0.5, 0.6) is 0 Å². The van der Waals surface area contributed by atoms with E-state index in [0.29, 0.717) is 17.6 Å². The molecule has 0 aliphatic heterocycles. The van der Waals surface area contributed by atoms with Crippen molar-refractivity contribution in [3.63, 3.8) is 0 Å². The predicted molar refractivity (Wildman–Crippen MR) is 77.3 cm³/mol. The highest BCUT2D eigenvalue weighted by Gasteiger charge is 2.30. The van der Waals surface area contributed by atoms with E-state index in [4.69, 9.17) is 11.5 Å². The lowest BCUT2D eigenvalue weighted by atomic mass is 10.3. The van der Waals surface area contributed by atoms with Crippen molar-refractivity contribution in [1.29, 1.82) is 0 Å².